The van der Waals surface area contributed by atoms with Gasteiger partial charge in [-0.1, -0.05) is 31.8 Å². The Hall–Kier alpha value is -2.77. The molecule has 1 aliphatic rings. The van der Waals surface area contributed by atoms with Crippen LogP contribution in [0.2, 0.25) is 0 Å². The topological polar surface area (TPSA) is 72.0 Å². The molecule has 31 heavy (non-hydrogen) atoms. The molecule has 0 aromatic heterocycles. The predicted octanol–water partition coefficient (Wildman–Crippen LogP) is 6.15. The maximum Gasteiger partial charge on any atom is 0.573 e. The number of aliphatic imine (C=N–C) groups is 2. The van der Waals surface area contributed by atoms with Crippen molar-refractivity contribution in [2.45, 2.75) is 71.7 Å². The molecular formula is C23H31F3N4O. The van der Waals surface area contributed by atoms with E-state index in [1.54, 1.807) is 6.92 Å². The SMILES string of the molecule is CC/C(C)=C/NC(=NC1CCCCC1)C(=CN)C(C)=Nc1ccc(OC(F)(F)F)cc1. The van der Waals surface area contributed by atoms with Crippen LogP contribution in [0.1, 0.15) is 59.3 Å². The Kier molecular flexibility index (Phi) is 9.15. The van der Waals surface area contributed by atoms with Gasteiger partial charge in [-0.25, -0.2) is 0 Å². The zero-order valence-corrected chi connectivity index (χ0v) is 18.3. The fourth-order valence-corrected chi connectivity index (χ4v) is 3.22. The van der Waals surface area contributed by atoms with E-state index in [0.717, 1.165) is 32.1 Å². The van der Waals surface area contributed by atoms with Crippen LogP contribution in [-0.2, 0) is 0 Å². The van der Waals surface area contributed by atoms with Crippen molar-refractivity contribution in [1.82, 2.24) is 5.32 Å². The van der Waals surface area contributed by atoms with E-state index < -0.39 is 6.36 Å². The van der Waals surface area contributed by atoms with E-state index in [-0.39, 0.29) is 11.8 Å². The molecule has 1 fully saturated rings. The molecule has 0 spiro atoms. The molecule has 1 aliphatic carbocycles. The number of ether oxygens (including phenoxy) is 1. The third kappa shape index (κ3) is 8.47. The predicted molar refractivity (Wildman–Crippen MR) is 120 cm³/mol. The van der Waals surface area contributed by atoms with Crippen molar-refractivity contribution >= 4 is 17.2 Å². The number of nitrogens with two attached hydrogens (primary N) is 1. The summed E-state index contributed by atoms with van der Waals surface area (Å²) in [4.78, 5) is 9.44. The first kappa shape index (κ1) is 24.5. The molecule has 0 aliphatic heterocycles. The van der Waals surface area contributed by atoms with Crippen molar-refractivity contribution in [3.05, 3.63) is 47.8 Å². The smallest absolute Gasteiger partial charge is 0.406 e. The minimum Gasteiger partial charge on any atom is -0.406 e. The highest BCUT2D eigenvalue weighted by atomic mass is 19.4. The number of rotatable bonds is 7. The van der Waals surface area contributed by atoms with Crippen LogP contribution in [-0.4, -0.2) is 24.0 Å². The fraction of sp³-hybridized carbons (Fsp3) is 0.478. The van der Waals surface area contributed by atoms with Crippen molar-refractivity contribution in [2.24, 2.45) is 15.7 Å². The number of benzene rings is 1. The van der Waals surface area contributed by atoms with Crippen molar-refractivity contribution < 1.29 is 17.9 Å². The fourth-order valence-electron chi connectivity index (χ4n) is 3.22. The van der Waals surface area contributed by atoms with Gasteiger partial charge >= 0.3 is 6.36 Å². The normalized spacial score (nSPS) is 17.6. The summed E-state index contributed by atoms with van der Waals surface area (Å²) in [5.74, 6) is 0.362. The van der Waals surface area contributed by atoms with E-state index in [9.17, 15) is 13.2 Å². The van der Waals surface area contributed by atoms with Gasteiger partial charge in [0.05, 0.1) is 23.0 Å². The lowest BCUT2D eigenvalue weighted by Crippen LogP contribution is -2.27. The zero-order valence-electron chi connectivity index (χ0n) is 18.3. The van der Waals surface area contributed by atoms with Crippen LogP contribution in [0.4, 0.5) is 18.9 Å². The minimum absolute atomic E-state index is 0.230. The Bertz CT molecular complexity index is 833. The number of nitrogens with zero attached hydrogens (tertiary/aromatic N) is 2. The lowest BCUT2D eigenvalue weighted by atomic mass is 9.96. The molecule has 1 aromatic carbocycles. The van der Waals surface area contributed by atoms with Crippen LogP contribution in [0, 0.1) is 0 Å². The Balaban J connectivity index is 2.27. The van der Waals surface area contributed by atoms with E-state index in [2.05, 4.69) is 22.0 Å². The maximum absolute atomic E-state index is 12.3. The van der Waals surface area contributed by atoms with Crippen LogP contribution in [0.25, 0.3) is 0 Å². The van der Waals surface area contributed by atoms with Crippen LogP contribution < -0.4 is 15.8 Å². The number of hydrogen-bond donors (Lipinski definition) is 2. The molecule has 0 heterocycles. The second-order valence-corrected chi connectivity index (χ2v) is 7.58. The molecule has 1 saturated carbocycles. The average Bonchev–Trinajstić information content (AvgIpc) is 2.73. The Morgan fingerprint density at radius 2 is 1.81 bits per heavy atom. The van der Waals surface area contributed by atoms with Crippen LogP contribution >= 0.6 is 0 Å². The summed E-state index contributed by atoms with van der Waals surface area (Å²) in [5, 5.41) is 3.28. The first-order valence-electron chi connectivity index (χ1n) is 10.6. The second-order valence-electron chi connectivity index (χ2n) is 7.58. The largest absolute Gasteiger partial charge is 0.573 e. The quantitative estimate of drug-likeness (QED) is 0.397. The highest BCUT2D eigenvalue weighted by Gasteiger charge is 2.30. The molecule has 3 N–H and O–H groups in total. The third-order valence-corrected chi connectivity index (χ3v) is 5.08. The minimum atomic E-state index is -4.73. The molecule has 0 unspecified atom stereocenters. The van der Waals surface area contributed by atoms with Gasteiger partial charge in [0.1, 0.15) is 11.6 Å². The highest BCUT2D eigenvalue weighted by molar-refractivity contribution is 6.23. The molecule has 0 amide bonds. The molecule has 170 valence electrons. The van der Waals surface area contributed by atoms with Gasteiger partial charge in [-0.2, -0.15) is 0 Å². The molecule has 8 heteroatoms. The van der Waals surface area contributed by atoms with Crippen molar-refractivity contribution in [2.75, 3.05) is 0 Å². The lowest BCUT2D eigenvalue weighted by Gasteiger charge is -2.20. The second kappa shape index (κ2) is 11.6. The van der Waals surface area contributed by atoms with Gasteiger partial charge in [-0.3, -0.25) is 9.98 Å². The summed E-state index contributed by atoms with van der Waals surface area (Å²) in [6, 6.07) is 5.62. The van der Waals surface area contributed by atoms with Crippen LogP contribution in [0.5, 0.6) is 5.75 Å². The number of amidine groups is 1. The van der Waals surface area contributed by atoms with Gasteiger partial charge in [0.25, 0.3) is 0 Å². The average molecular weight is 437 g/mol. The third-order valence-electron chi connectivity index (χ3n) is 5.08. The van der Waals surface area contributed by atoms with E-state index in [1.807, 2.05) is 13.1 Å². The highest BCUT2D eigenvalue weighted by Crippen LogP contribution is 2.25. The van der Waals surface area contributed by atoms with Crippen molar-refractivity contribution in [3.8, 4) is 5.75 Å². The molecule has 2 rings (SSSR count). The van der Waals surface area contributed by atoms with Gasteiger partial charge in [0.15, 0.2) is 0 Å². The first-order valence-corrected chi connectivity index (χ1v) is 10.6. The Labute approximate surface area is 182 Å². The summed E-state index contributed by atoms with van der Waals surface area (Å²) in [6.07, 6.45) is 5.19. The van der Waals surface area contributed by atoms with E-state index in [4.69, 9.17) is 10.7 Å². The van der Waals surface area contributed by atoms with Gasteiger partial charge < -0.3 is 15.8 Å². The molecule has 1 aromatic rings. The zero-order chi connectivity index (χ0) is 22.9. The number of alkyl halides is 3. The van der Waals surface area contributed by atoms with E-state index >= 15 is 0 Å². The van der Waals surface area contributed by atoms with Gasteiger partial charge in [-0.15, -0.1) is 13.2 Å². The molecule has 0 saturated heterocycles. The summed E-state index contributed by atoms with van der Waals surface area (Å²) >= 11 is 0. The van der Waals surface area contributed by atoms with Crippen LogP contribution in [0.15, 0.2) is 57.8 Å². The number of hydrogen-bond acceptors (Lipinski definition) is 4. The standard InChI is InChI=1S/C23H31F3N4O/c1-4-16(2)15-28-22(30-18-8-6-5-7-9-18)21(14-27)17(3)29-19-10-12-20(13-11-19)31-23(24,25)26/h10-15,18H,4-9,27H2,1-3H3,(H,28,30)/b16-15+,21-14?,29-17?. The Morgan fingerprint density at radius 3 is 2.35 bits per heavy atom. The number of nitrogens with one attached hydrogen (secondary N) is 1. The van der Waals surface area contributed by atoms with E-state index in [1.165, 1.54) is 42.5 Å². The maximum atomic E-state index is 12.3. The van der Waals surface area contributed by atoms with Gasteiger partial charge in [0.2, 0.25) is 0 Å². The van der Waals surface area contributed by atoms with Gasteiger partial charge in [-0.05, 0) is 57.4 Å². The molecule has 0 atom stereocenters. The van der Waals surface area contributed by atoms with Gasteiger partial charge in [0, 0.05) is 12.4 Å². The summed E-state index contributed by atoms with van der Waals surface area (Å²) in [7, 11) is 0. The number of halogens is 3. The molecule has 5 nitrogen and oxygen atoms in total. The molecular weight excluding hydrogens is 405 g/mol. The van der Waals surface area contributed by atoms with Crippen LogP contribution in [0.3, 0.4) is 0 Å². The summed E-state index contributed by atoms with van der Waals surface area (Å²) in [6.45, 7) is 5.90. The first-order chi connectivity index (χ1) is 14.7. The van der Waals surface area contributed by atoms with Crippen molar-refractivity contribution in [1.29, 1.82) is 0 Å². The number of allylic oxidation sites excluding steroid dienone is 1. The van der Waals surface area contributed by atoms with E-state index in [0.29, 0.717) is 22.8 Å². The lowest BCUT2D eigenvalue weighted by molar-refractivity contribution is -0.274. The van der Waals surface area contributed by atoms with Crippen molar-refractivity contribution in [3.63, 3.8) is 0 Å². The molecule has 0 bridgehead atoms. The monoisotopic (exact) mass is 436 g/mol. The summed E-state index contributed by atoms with van der Waals surface area (Å²) in [5.41, 5.74) is 8.86. The summed E-state index contributed by atoms with van der Waals surface area (Å²) < 4.78 is 40.9. The Morgan fingerprint density at radius 1 is 1.16 bits per heavy atom. The molecule has 0 radical (unpaired) electrons.